The van der Waals surface area contributed by atoms with Gasteiger partial charge in [-0.3, -0.25) is 5.10 Å². The highest BCUT2D eigenvalue weighted by molar-refractivity contribution is 5.78. The van der Waals surface area contributed by atoms with Crippen molar-refractivity contribution in [2.24, 2.45) is 0 Å². The van der Waals surface area contributed by atoms with Crippen molar-refractivity contribution in [3.05, 3.63) is 97.1 Å². The van der Waals surface area contributed by atoms with Crippen LogP contribution in [0.4, 0.5) is 0 Å². The first-order valence-electron chi connectivity index (χ1n) is 9.35. The number of benzene rings is 3. The lowest BCUT2D eigenvalue weighted by molar-refractivity contribution is 0.972. The second-order valence-electron chi connectivity index (χ2n) is 6.60. The van der Waals surface area contributed by atoms with E-state index in [4.69, 9.17) is 4.98 Å². The smallest absolute Gasteiger partial charge is 0.200 e. The van der Waals surface area contributed by atoms with E-state index in [0.29, 0.717) is 5.82 Å². The second-order valence-corrected chi connectivity index (χ2v) is 6.60. The van der Waals surface area contributed by atoms with Gasteiger partial charge in [-0.1, -0.05) is 91.0 Å². The van der Waals surface area contributed by atoms with Crippen molar-refractivity contribution in [2.75, 3.05) is 0 Å². The molecule has 0 aliphatic carbocycles. The third-order valence-electron chi connectivity index (χ3n) is 4.67. The Morgan fingerprint density at radius 1 is 0.552 bits per heavy atom. The number of hydrogen-bond donors (Lipinski definition) is 1. The summed E-state index contributed by atoms with van der Waals surface area (Å²) in [5.74, 6) is 0.512. The van der Waals surface area contributed by atoms with E-state index in [1.165, 1.54) is 0 Å². The number of H-pyrrole nitrogens is 1. The quantitative estimate of drug-likeness (QED) is 0.465. The maximum Gasteiger partial charge on any atom is 0.200 e. The third-order valence-corrected chi connectivity index (χ3v) is 4.67. The van der Waals surface area contributed by atoms with Crippen molar-refractivity contribution in [3.63, 3.8) is 0 Å². The summed E-state index contributed by atoms with van der Waals surface area (Å²) in [6, 6.07) is 32.0. The lowest BCUT2D eigenvalue weighted by Gasteiger charge is -2.09. The zero-order valence-corrected chi connectivity index (χ0v) is 15.5. The van der Waals surface area contributed by atoms with Gasteiger partial charge in [0.15, 0.2) is 5.82 Å². The van der Waals surface area contributed by atoms with E-state index in [9.17, 15) is 0 Å². The van der Waals surface area contributed by atoms with Crippen LogP contribution >= 0.6 is 0 Å². The van der Waals surface area contributed by atoms with Crippen LogP contribution in [0.3, 0.4) is 0 Å². The first-order chi connectivity index (χ1) is 14.4. The summed E-state index contributed by atoms with van der Waals surface area (Å²) in [5, 5.41) is 16.4. The molecular formula is C24H17N5. The minimum absolute atomic E-state index is 0.512. The Bertz CT molecular complexity index is 1230. The fourth-order valence-electron chi connectivity index (χ4n) is 3.22. The van der Waals surface area contributed by atoms with Gasteiger partial charge in [-0.2, -0.15) is 5.10 Å². The number of nitrogens with one attached hydrogen (secondary N) is 1. The van der Waals surface area contributed by atoms with E-state index in [1.54, 1.807) is 0 Å². The van der Waals surface area contributed by atoms with Crippen LogP contribution in [0.25, 0.3) is 45.3 Å². The molecule has 0 atom stereocenters. The van der Waals surface area contributed by atoms with Crippen LogP contribution in [0, 0.1) is 0 Å². The maximum absolute atomic E-state index is 4.85. The monoisotopic (exact) mass is 375 g/mol. The Balaban J connectivity index is 1.62. The molecule has 29 heavy (non-hydrogen) atoms. The maximum atomic E-state index is 4.85. The van der Waals surface area contributed by atoms with Crippen molar-refractivity contribution >= 4 is 0 Å². The van der Waals surface area contributed by atoms with Crippen LogP contribution < -0.4 is 0 Å². The van der Waals surface area contributed by atoms with Gasteiger partial charge in [0.1, 0.15) is 17.1 Å². The fraction of sp³-hybridized carbons (Fsp3) is 0. The van der Waals surface area contributed by atoms with Gasteiger partial charge >= 0.3 is 0 Å². The molecule has 0 amide bonds. The molecule has 3 aromatic carbocycles. The molecule has 0 fully saturated rings. The summed E-state index contributed by atoms with van der Waals surface area (Å²) < 4.78 is 0. The zero-order valence-electron chi connectivity index (χ0n) is 15.5. The average Bonchev–Trinajstić information content (AvgIpc) is 3.31. The minimum Gasteiger partial charge on any atom is -0.274 e. The molecule has 0 spiro atoms. The molecule has 0 unspecified atom stereocenters. The lowest BCUT2D eigenvalue weighted by Crippen LogP contribution is -2.00. The van der Waals surface area contributed by atoms with E-state index < -0.39 is 0 Å². The summed E-state index contributed by atoms with van der Waals surface area (Å²) in [4.78, 5) is 4.85. The lowest BCUT2D eigenvalue weighted by atomic mass is 10.0. The highest BCUT2D eigenvalue weighted by Gasteiger charge is 2.16. The summed E-state index contributed by atoms with van der Waals surface area (Å²) in [5.41, 5.74) is 6.12. The van der Waals surface area contributed by atoms with Gasteiger partial charge in [0.2, 0.25) is 0 Å². The van der Waals surface area contributed by atoms with Crippen molar-refractivity contribution in [1.29, 1.82) is 0 Å². The molecule has 2 heterocycles. The summed E-state index contributed by atoms with van der Waals surface area (Å²) in [6.45, 7) is 0. The van der Waals surface area contributed by atoms with Crippen LogP contribution in [0.2, 0.25) is 0 Å². The Hall–Kier alpha value is -4.12. The number of hydrogen-bond acceptors (Lipinski definition) is 4. The molecule has 5 aromatic rings. The first kappa shape index (κ1) is 17.0. The van der Waals surface area contributed by atoms with Crippen LogP contribution in [0.5, 0.6) is 0 Å². The van der Waals surface area contributed by atoms with Crippen LogP contribution in [0.1, 0.15) is 0 Å². The van der Waals surface area contributed by atoms with Crippen molar-refractivity contribution in [2.45, 2.75) is 0 Å². The average molecular weight is 375 g/mol. The molecule has 2 aromatic heterocycles. The minimum atomic E-state index is 0.512. The molecule has 0 aliphatic rings. The Morgan fingerprint density at radius 2 is 1.10 bits per heavy atom. The topological polar surface area (TPSA) is 67.3 Å². The van der Waals surface area contributed by atoms with Gasteiger partial charge in [0, 0.05) is 16.7 Å². The van der Waals surface area contributed by atoms with Crippen molar-refractivity contribution in [1.82, 2.24) is 25.4 Å². The van der Waals surface area contributed by atoms with E-state index >= 15 is 0 Å². The number of aromatic amines is 1. The molecule has 0 radical (unpaired) electrons. The Kier molecular flexibility index (Phi) is 4.39. The zero-order chi connectivity index (χ0) is 19.5. The van der Waals surface area contributed by atoms with Crippen LogP contribution in [-0.4, -0.2) is 25.4 Å². The van der Waals surface area contributed by atoms with Gasteiger partial charge in [0.25, 0.3) is 0 Å². The van der Waals surface area contributed by atoms with Gasteiger partial charge in [0.05, 0.1) is 5.69 Å². The predicted molar refractivity (Wildman–Crippen MR) is 114 cm³/mol. The van der Waals surface area contributed by atoms with Crippen LogP contribution in [0.15, 0.2) is 97.1 Å². The van der Waals surface area contributed by atoms with Crippen molar-refractivity contribution in [3.8, 4) is 45.3 Å². The van der Waals surface area contributed by atoms with Gasteiger partial charge < -0.3 is 0 Å². The number of rotatable bonds is 4. The van der Waals surface area contributed by atoms with Gasteiger partial charge in [-0.15, -0.1) is 10.2 Å². The summed E-state index contributed by atoms with van der Waals surface area (Å²) >= 11 is 0. The molecule has 0 saturated carbocycles. The third kappa shape index (κ3) is 3.41. The van der Waals surface area contributed by atoms with E-state index in [-0.39, 0.29) is 0 Å². The molecular weight excluding hydrogens is 358 g/mol. The van der Waals surface area contributed by atoms with Crippen molar-refractivity contribution < 1.29 is 0 Å². The largest absolute Gasteiger partial charge is 0.274 e. The number of aromatic nitrogens is 5. The predicted octanol–water partition coefficient (Wildman–Crippen LogP) is 5.26. The molecule has 0 aliphatic heterocycles. The Labute approximate surface area is 168 Å². The molecule has 5 nitrogen and oxygen atoms in total. The first-order valence-corrected chi connectivity index (χ1v) is 9.35. The normalized spacial score (nSPS) is 10.8. The highest BCUT2D eigenvalue weighted by atomic mass is 15.2. The highest BCUT2D eigenvalue weighted by Crippen LogP contribution is 2.30. The fourth-order valence-corrected chi connectivity index (χ4v) is 3.22. The van der Waals surface area contributed by atoms with Gasteiger partial charge in [-0.05, 0) is 6.07 Å². The molecule has 0 saturated heterocycles. The summed E-state index contributed by atoms with van der Waals surface area (Å²) in [6.07, 6.45) is 0. The van der Waals surface area contributed by atoms with Crippen LogP contribution in [-0.2, 0) is 0 Å². The van der Waals surface area contributed by atoms with E-state index in [0.717, 1.165) is 39.5 Å². The number of nitrogens with zero attached hydrogens (tertiary/aromatic N) is 4. The molecule has 138 valence electrons. The molecule has 1 N–H and O–H groups in total. The molecule has 5 heteroatoms. The molecule has 5 rings (SSSR count). The van der Waals surface area contributed by atoms with E-state index in [2.05, 4.69) is 20.4 Å². The molecule has 0 bridgehead atoms. The SMILES string of the molecule is c1ccc(-c2cc(-c3nnc(-c4ccccc4)c(-c4ccccc4)n3)[nH]n2)cc1. The second kappa shape index (κ2) is 7.48. The summed E-state index contributed by atoms with van der Waals surface area (Å²) in [7, 11) is 0. The van der Waals surface area contributed by atoms with Gasteiger partial charge in [-0.25, -0.2) is 4.98 Å². The Morgan fingerprint density at radius 3 is 1.72 bits per heavy atom. The standard InChI is InChI=1S/C24H17N5/c1-4-10-17(11-5-1)20-16-21(27-26-20)24-25-22(18-12-6-2-7-13-18)23(28-29-24)19-14-8-3-9-15-19/h1-16H,(H,26,27). The van der Waals surface area contributed by atoms with E-state index in [1.807, 2.05) is 97.1 Å².